The normalized spacial score (nSPS) is 25.4. The second-order valence-corrected chi connectivity index (χ2v) is 10.9. The van der Waals surface area contributed by atoms with E-state index in [4.69, 9.17) is 0 Å². The SMILES string of the molecule is CC1(C)CC2CC(C)(CN2C(=O)c2cc3nc(-c4cccs4)cc(C(F)(F)F)n3n2)C1. The molecule has 1 saturated carbocycles. The molecule has 31 heavy (non-hydrogen) atoms. The molecule has 5 nitrogen and oxygen atoms in total. The van der Waals surface area contributed by atoms with E-state index in [0.717, 1.165) is 29.8 Å². The fourth-order valence-electron chi connectivity index (χ4n) is 5.68. The Hall–Kier alpha value is -2.42. The van der Waals surface area contributed by atoms with Crippen LogP contribution in [-0.4, -0.2) is 38.0 Å². The van der Waals surface area contributed by atoms with Crippen LogP contribution >= 0.6 is 11.3 Å². The van der Waals surface area contributed by atoms with Crippen LogP contribution in [0.15, 0.2) is 29.6 Å². The molecule has 1 aliphatic heterocycles. The van der Waals surface area contributed by atoms with Crippen molar-refractivity contribution in [2.75, 3.05) is 6.54 Å². The van der Waals surface area contributed by atoms with Crippen LogP contribution in [0.1, 0.15) is 56.2 Å². The zero-order chi connectivity index (χ0) is 22.2. The third-order valence-electron chi connectivity index (χ3n) is 6.39. The summed E-state index contributed by atoms with van der Waals surface area (Å²) in [5.41, 5.74) is -0.520. The van der Waals surface area contributed by atoms with E-state index in [1.807, 2.05) is 4.90 Å². The highest BCUT2D eigenvalue weighted by Crippen LogP contribution is 2.52. The lowest BCUT2D eigenvalue weighted by Crippen LogP contribution is -2.37. The number of alkyl halides is 3. The van der Waals surface area contributed by atoms with Crippen molar-refractivity contribution in [2.45, 2.75) is 52.3 Å². The molecule has 9 heteroatoms. The predicted octanol–water partition coefficient (Wildman–Crippen LogP) is 5.52. The smallest absolute Gasteiger partial charge is 0.334 e. The van der Waals surface area contributed by atoms with Crippen molar-refractivity contribution in [1.29, 1.82) is 0 Å². The quantitative estimate of drug-likeness (QED) is 0.519. The first-order valence-corrected chi connectivity index (χ1v) is 11.2. The summed E-state index contributed by atoms with van der Waals surface area (Å²) in [7, 11) is 0. The molecule has 5 rings (SSSR count). The van der Waals surface area contributed by atoms with Gasteiger partial charge in [-0.1, -0.05) is 26.8 Å². The molecule has 2 fully saturated rings. The van der Waals surface area contributed by atoms with Crippen molar-refractivity contribution >= 4 is 22.9 Å². The standard InChI is InChI=1S/C22H23F3N4OS/c1-20(2)9-13-10-21(3,11-20)12-28(13)19(30)15-8-18-26-14(16-5-4-6-31-16)7-17(22(23,24)25)29(18)27-15/h4-8,13H,9-12H2,1-3H3. The van der Waals surface area contributed by atoms with Gasteiger partial charge in [0, 0.05) is 18.7 Å². The maximum atomic E-state index is 13.8. The van der Waals surface area contributed by atoms with Crippen LogP contribution in [0.3, 0.4) is 0 Å². The number of hydrogen-bond donors (Lipinski definition) is 0. The molecule has 1 aliphatic carbocycles. The van der Waals surface area contributed by atoms with Crippen molar-refractivity contribution in [2.24, 2.45) is 10.8 Å². The van der Waals surface area contributed by atoms with Gasteiger partial charge < -0.3 is 4.90 Å². The summed E-state index contributed by atoms with van der Waals surface area (Å²) in [5, 5.41) is 5.85. The van der Waals surface area contributed by atoms with Gasteiger partial charge >= 0.3 is 6.18 Å². The number of nitrogens with zero attached hydrogens (tertiary/aromatic N) is 4. The van der Waals surface area contributed by atoms with Gasteiger partial charge in [0.1, 0.15) is 0 Å². The fourth-order valence-corrected chi connectivity index (χ4v) is 6.36. The molecule has 164 valence electrons. The molecule has 2 bridgehead atoms. The van der Waals surface area contributed by atoms with E-state index in [1.54, 1.807) is 17.5 Å². The molecule has 0 radical (unpaired) electrons. The highest BCUT2D eigenvalue weighted by atomic mass is 32.1. The molecule has 2 aliphatic rings. The zero-order valence-corrected chi connectivity index (χ0v) is 18.3. The predicted molar refractivity (Wildman–Crippen MR) is 112 cm³/mol. The highest BCUT2D eigenvalue weighted by Gasteiger charge is 2.51. The molecular formula is C22H23F3N4OS. The molecule has 4 heterocycles. The topological polar surface area (TPSA) is 50.5 Å². The monoisotopic (exact) mass is 448 g/mol. The zero-order valence-electron chi connectivity index (χ0n) is 17.5. The summed E-state index contributed by atoms with van der Waals surface area (Å²) in [6.07, 6.45) is -1.79. The Bertz CT molecular complexity index is 1170. The Labute approximate surface area is 181 Å². The Morgan fingerprint density at radius 2 is 2.00 bits per heavy atom. The van der Waals surface area contributed by atoms with Crippen molar-refractivity contribution in [3.05, 3.63) is 41.0 Å². The van der Waals surface area contributed by atoms with Crippen LogP contribution in [0.4, 0.5) is 13.2 Å². The summed E-state index contributed by atoms with van der Waals surface area (Å²) in [4.78, 5) is 20.1. The van der Waals surface area contributed by atoms with Gasteiger partial charge in [0.25, 0.3) is 5.91 Å². The average Bonchev–Trinajstić information content (AvgIpc) is 3.35. The van der Waals surface area contributed by atoms with Gasteiger partial charge in [-0.05, 0) is 47.6 Å². The summed E-state index contributed by atoms with van der Waals surface area (Å²) in [5.74, 6) is -0.317. The Balaban J connectivity index is 1.56. The largest absolute Gasteiger partial charge is 0.433 e. The summed E-state index contributed by atoms with van der Waals surface area (Å²) >= 11 is 1.31. The average molecular weight is 449 g/mol. The van der Waals surface area contributed by atoms with E-state index < -0.39 is 11.9 Å². The Kier molecular flexibility index (Phi) is 4.32. The molecule has 2 atom stereocenters. The maximum Gasteiger partial charge on any atom is 0.433 e. The minimum Gasteiger partial charge on any atom is -0.334 e. The van der Waals surface area contributed by atoms with Crippen LogP contribution < -0.4 is 0 Å². The number of halogens is 3. The molecule has 3 aromatic rings. The van der Waals surface area contributed by atoms with Crippen LogP contribution in [0.5, 0.6) is 0 Å². The van der Waals surface area contributed by atoms with Crippen molar-refractivity contribution < 1.29 is 18.0 Å². The van der Waals surface area contributed by atoms with Crippen LogP contribution in [0, 0.1) is 10.8 Å². The molecular weight excluding hydrogens is 425 g/mol. The van der Waals surface area contributed by atoms with Crippen molar-refractivity contribution in [1.82, 2.24) is 19.5 Å². The van der Waals surface area contributed by atoms with Crippen molar-refractivity contribution in [3.8, 4) is 10.6 Å². The van der Waals surface area contributed by atoms with Crippen LogP contribution in [0.2, 0.25) is 0 Å². The number of likely N-dealkylation sites (tertiary alicyclic amines) is 1. The number of fused-ring (bicyclic) bond motifs is 3. The van der Waals surface area contributed by atoms with Gasteiger partial charge in [-0.25, -0.2) is 9.50 Å². The number of amides is 1. The number of thiophene rings is 1. The molecule has 0 spiro atoms. The minimum atomic E-state index is -4.62. The number of hydrogen-bond acceptors (Lipinski definition) is 4. The van der Waals surface area contributed by atoms with Gasteiger partial charge in [-0.3, -0.25) is 4.79 Å². The summed E-state index contributed by atoms with van der Waals surface area (Å²) in [6, 6.07) is 5.94. The van der Waals surface area contributed by atoms with Gasteiger partial charge in [-0.2, -0.15) is 18.3 Å². The van der Waals surface area contributed by atoms with E-state index in [2.05, 4.69) is 30.9 Å². The number of carbonyl (C=O) groups is 1. The molecule has 2 unspecified atom stereocenters. The minimum absolute atomic E-state index is 0.00952. The van der Waals surface area contributed by atoms with Crippen LogP contribution in [-0.2, 0) is 6.18 Å². The number of rotatable bonds is 2. The third-order valence-corrected chi connectivity index (χ3v) is 7.28. The highest BCUT2D eigenvalue weighted by molar-refractivity contribution is 7.13. The van der Waals surface area contributed by atoms with Gasteiger partial charge in [0.2, 0.25) is 0 Å². The van der Waals surface area contributed by atoms with Crippen LogP contribution in [0.25, 0.3) is 16.2 Å². The first-order chi connectivity index (χ1) is 14.4. The first kappa shape index (κ1) is 20.5. The lowest BCUT2D eigenvalue weighted by molar-refractivity contribution is -0.142. The molecule has 3 aromatic heterocycles. The Morgan fingerprint density at radius 3 is 2.68 bits per heavy atom. The second kappa shape index (κ2) is 6.54. The number of aromatic nitrogens is 3. The van der Waals surface area contributed by atoms with Gasteiger partial charge in [0.05, 0.1) is 10.6 Å². The Morgan fingerprint density at radius 1 is 1.23 bits per heavy atom. The van der Waals surface area contributed by atoms with E-state index in [9.17, 15) is 18.0 Å². The fraction of sp³-hybridized carbons (Fsp3) is 0.500. The van der Waals surface area contributed by atoms with Gasteiger partial charge in [-0.15, -0.1) is 11.3 Å². The summed E-state index contributed by atoms with van der Waals surface area (Å²) < 4.78 is 42.1. The lowest BCUT2D eigenvalue weighted by atomic mass is 9.65. The van der Waals surface area contributed by atoms with E-state index in [-0.39, 0.29) is 39.8 Å². The summed E-state index contributed by atoms with van der Waals surface area (Å²) in [6.45, 7) is 7.21. The molecule has 1 saturated heterocycles. The molecule has 0 N–H and O–H groups in total. The van der Waals surface area contributed by atoms with E-state index >= 15 is 0 Å². The maximum absolute atomic E-state index is 13.8. The second-order valence-electron chi connectivity index (χ2n) is 9.95. The third kappa shape index (κ3) is 3.52. The van der Waals surface area contributed by atoms with Gasteiger partial charge in [0.15, 0.2) is 17.0 Å². The lowest BCUT2D eigenvalue weighted by Gasteiger charge is -2.39. The first-order valence-electron chi connectivity index (χ1n) is 10.3. The van der Waals surface area contributed by atoms with Crippen molar-refractivity contribution in [3.63, 3.8) is 0 Å². The number of carbonyl (C=O) groups excluding carboxylic acids is 1. The van der Waals surface area contributed by atoms with E-state index in [0.29, 0.717) is 11.4 Å². The molecule has 1 amide bonds. The molecule has 0 aromatic carbocycles. The van der Waals surface area contributed by atoms with E-state index in [1.165, 1.54) is 17.4 Å².